The molecule has 0 aliphatic carbocycles. The fraction of sp³-hybridized carbons (Fsp3) is 0.167. The predicted octanol–water partition coefficient (Wildman–Crippen LogP) is 3.70. The van der Waals surface area contributed by atoms with Crippen molar-refractivity contribution in [2.75, 3.05) is 11.9 Å². The smallest absolute Gasteiger partial charge is 0.322 e. The molecule has 0 aliphatic rings. The summed E-state index contributed by atoms with van der Waals surface area (Å²) in [5, 5.41) is 13.4. The van der Waals surface area contributed by atoms with Crippen molar-refractivity contribution in [1.82, 2.24) is 5.32 Å². The Balaban J connectivity index is 2.15. The highest BCUT2D eigenvalue weighted by Gasteiger charge is 2.15. The summed E-state index contributed by atoms with van der Waals surface area (Å²) in [5.74, 6) is -2.17. The van der Waals surface area contributed by atoms with Crippen LogP contribution < -0.4 is 15.4 Å². The van der Waals surface area contributed by atoms with E-state index < -0.39 is 24.2 Å². The van der Waals surface area contributed by atoms with Gasteiger partial charge in [-0.05, 0) is 67.8 Å². The van der Waals surface area contributed by atoms with Crippen LogP contribution >= 0.6 is 31.9 Å². The Labute approximate surface area is 176 Å². The van der Waals surface area contributed by atoms with Crippen molar-refractivity contribution in [2.24, 2.45) is 0 Å². The highest BCUT2D eigenvalue weighted by atomic mass is 79.9. The number of nitrogens with one attached hydrogen (secondary N) is 2. The lowest BCUT2D eigenvalue weighted by molar-refractivity contribution is -0.135. The quantitative estimate of drug-likeness (QED) is 0.519. The molecule has 0 saturated carbocycles. The Morgan fingerprint density at radius 1 is 1.11 bits per heavy atom. The lowest BCUT2D eigenvalue weighted by atomic mass is 10.2. The number of benzene rings is 2. The molecular weight excluding hydrogens is 503 g/mol. The number of halogens is 3. The maximum Gasteiger partial charge on any atom is 0.322 e. The first-order valence-electron chi connectivity index (χ1n) is 7.84. The molecule has 2 aromatic carbocycles. The minimum absolute atomic E-state index is 0.00605. The second-order valence-electron chi connectivity index (χ2n) is 5.66. The van der Waals surface area contributed by atoms with Crippen LogP contribution in [0.5, 0.6) is 5.75 Å². The number of aliphatic carboxylic acids is 1. The van der Waals surface area contributed by atoms with E-state index >= 15 is 0 Å². The first kappa shape index (κ1) is 21.8. The lowest BCUT2D eigenvalue weighted by Crippen LogP contribution is -2.29. The Hall–Kier alpha value is -2.46. The van der Waals surface area contributed by atoms with E-state index in [9.17, 15) is 18.8 Å². The third-order valence-corrected chi connectivity index (χ3v) is 4.50. The van der Waals surface area contributed by atoms with Crippen molar-refractivity contribution in [3.63, 3.8) is 0 Å². The average Bonchev–Trinajstić information content (AvgIpc) is 2.57. The van der Waals surface area contributed by atoms with E-state index in [4.69, 9.17) is 9.84 Å². The zero-order chi connectivity index (χ0) is 20.8. The van der Waals surface area contributed by atoms with Gasteiger partial charge in [0.25, 0.3) is 5.91 Å². The van der Waals surface area contributed by atoms with Gasteiger partial charge in [0, 0.05) is 18.2 Å². The van der Waals surface area contributed by atoms with Crippen LogP contribution in [-0.4, -0.2) is 29.4 Å². The molecule has 148 valence electrons. The summed E-state index contributed by atoms with van der Waals surface area (Å²) in [5.41, 5.74) is 1.03. The molecule has 0 saturated heterocycles. The molecular formula is C18H15Br2FN2O5. The van der Waals surface area contributed by atoms with Gasteiger partial charge in [0.2, 0.25) is 5.91 Å². The molecule has 0 bridgehead atoms. The normalized spacial score (nSPS) is 10.3. The lowest BCUT2D eigenvalue weighted by Gasteiger charge is -2.13. The van der Waals surface area contributed by atoms with Gasteiger partial charge in [-0.25, -0.2) is 4.39 Å². The van der Waals surface area contributed by atoms with Gasteiger partial charge in [0.1, 0.15) is 24.7 Å². The third kappa shape index (κ3) is 6.31. The fourth-order valence-electron chi connectivity index (χ4n) is 2.25. The summed E-state index contributed by atoms with van der Waals surface area (Å²) in [4.78, 5) is 33.7. The zero-order valence-electron chi connectivity index (χ0n) is 14.5. The number of anilines is 1. The molecule has 7 nitrogen and oxygen atoms in total. The third-order valence-electron chi connectivity index (χ3n) is 3.32. The summed E-state index contributed by atoms with van der Waals surface area (Å²) in [6, 6.07) is 7.01. The second-order valence-corrected chi connectivity index (χ2v) is 7.37. The first-order chi connectivity index (χ1) is 13.2. The molecule has 2 aromatic rings. The SMILES string of the molecule is CC(=O)Nc1cc(F)cc(COc2c(Br)cc(C(=O)NCC(=O)O)cc2Br)c1. The Bertz CT molecular complexity index is 913. The van der Waals surface area contributed by atoms with Gasteiger partial charge in [0.15, 0.2) is 0 Å². The first-order valence-corrected chi connectivity index (χ1v) is 9.43. The van der Waals surface area contributed by atoms with Crippen LogP contribution in [0.25, 0.3) is 0 Å². The monoisotopic (exact) mass is 516 g/mol. The minimum atomic E-state index is -1.15. The van der Waals surface area contributed by atoms with Crippen LogP contribution in [0, 0.1) is 5.82 Å². The maximum atomic E-state index is 13.7. The number of rotatable bonds is 7. The standard InChI is InChI=1S/C18H15Br2FN2O5/c1-9(24)23-13-3-10(2-12(21)6-13)8-28-17-14(19)4-11(5-15(17)20)18(27)22-7-16(25)26/h2-6H,7-8H2,1H3,(H,22,27)(H,23,24)(H,25,26). The van der Waals surface area contributed by atoms with Gasteiger partial charge in [-0.1, -0.05) is 0 Å². The summed E-state index contributed by atoms with van der Waals surface area (Å²) in [6.45, 7) is 0.831. The van der Waals surface area contributed by atoms with Crippen molar-refractivity contribution in [3.05, 3.63) is 56.2 Å². The molecule has 0 aliphatic heterocycles. The molecule has 0 fully saturated rings. The Morgan fingerprint density at radius 3 is 2.32 bits per heavy atom. The Kier molecular flexibility index (Phi) is 7.53. The number of ether oxygens (including phenoxy) is 1. The van der Waals surface area contributed by atoms with E-state index in [1.54, 1.807) is 6.07 Å². The molecule has 2 rings (SSSR count). The fourth-order valence-corrected chi connectivity index (χ4v) is 3.67. The minimum Gasteiger partial charge on any atom is -0.487 e. The number of carboxylic acid groups (broad SMARTS) is 1. The van der Waals surface area contributed by atoms with Crippen LogP contribution in [0.1, 0.15) is 22.8 Å². The summed E-state index contributed by atoms with van der Waals surface area (Å²) < 4.78 is 20.3. The zero-order valence-corrected chi connectivity index (χ0v) is 17.7. The Morgan fingerprint density at radius 2 is 1.75 bits per heavy atom. The average molecular weight is 518 g/mol. The molecule has 0 spiro atoms. The van der Waals surface area contributed by atoms with Crippen LogP contribution in [0.2, 0.25) is 0 Å². The van der Waals surface area contributed by atoms with E-state index in [-0.39, 0.29) is 18.1 Å². The van der Waals surface area contributed by atoms with E-state index in [2.05, 4.69) is 42.5 Å². The molecule has 0 unspecified atom stereocenters. The number of hydrogen-bond acceptors (Lipinski definition) is 4. The number of carbonyl (C=O) groups is 3. The van der Waals surface area contributed by atoms with E-state index in [0.29, 0.717) is 25.9 Å². The molecule has 28 heavy (non-hydrogen) atoms. The van der Waals surface area contributed by atoms with Gasteiger partial charge in [-0.15, -0.1) is 0 Å². The van der Waals surface area contributed by atoms with Crippen molar-refractivity contribution in [2.45, 2.75) is 13.5 Å². The molecule has 10 heteroatoms. The number of carbonyl (C=O) groups excluding carboxylic acids is 2. The van der Waals surface area contributed by atoms with Crippen LogP contribution in [0.15, 0.2) is 39.3 Å². The van der Waals surface area contributed by atoms with Crippen LogP contribution in [0.4, 0.5) is 10.1 Å². The summed E-state index contributed by atoms with van der Waals surface area (Å²) >= 11 is 6.60. The highest BCUT2D eigenvalue weighted by molar-refractivity contribution is 9.11. The van der Waals surface area contributed by atoms with Crippen molar-refractivity contribution < 1.29 is 28.6 Å². The summed E-state index contributed by atoms with van der Waals surface area (Å²) in [7, 11) is 0. The molecule has 3 N–H and O–H groups in total. The molecule has 0 heterocycles. The molecule has 0 aromatic heterocycles. The molecule has 0 atom stereocenters. The summed E-state index contributed by atoms with van der Waals surface area (Å²) in [6.07, 6.45) is 0. The van der Waals surface area contributed by atoms with Gasteiger partial charge < -0.3 is 20.5 Å². The maximum absolute atomic E-state index is 13.7. The van der Waals surface area contributed by atoms with Gasteiger partial charge in [-0.3, -0.25) is 14.4 Å². The largest absolute Gasteiger partial charge is 0.487 e. The molecule has 0 radical (unpaired) electrons. The second kappa shape index (κ2) is 9.65. The van der Waals surface area contributed by atoms with Gasteiger partial charge in [-0.2, -0.15) is 0 Å². The van der Waals surface area contributed by atoms with Crippen molar-refractivity contribution in [1.29, 1.82) is 0 Å². The van der Waals surface area contributed by atoms with Crippen LogP contribution in [0.3, 0.4) is 0 Å². The number of carboxylic acids is 1. The van der Waals surface area contributed by atoms with E-state index in [1.165, 1.54) is 31.2 Å². The van der Waals surface area contributed by atoms with E-state index in [0.717, 1.165) is 0 Å². The predicted molar refractivity (Wildman–Crippen MR) is 107 cm³/mol. The van der Waals surface area contributed by atoms with Gasteiger partial charge in [0.05, 0.1) is 8.95 Å². The molecule has 2 amide bonds. The van der Waals surface area contributed by atoms with E-state index in [1.807, 2.05) is 0 Å². The van der Waals surface area contributed by atoms with Crippen molar-refractivity contribution in [3.8, 4) is 5.75 Å². The van der Waals surface area contributed by atoms with Gasteiger partial charge >= 0.3 is 5.97 Å². The number of hydrogen-bond donors (Lipinski definition) is 3. The topological polar surface area (TPSA) is 105 Å². The number of amides is 2. The highest BCUT2D eigenvalue weighted by Crippen LogP contribution is 2.35. The van der Waals surface area contributed by atoms with Crippen LogP contribution in [-0.2, 0) is 16.2 Å². The van der Waals surface area contributed by atoms with Crippen molar-refractivity contribution >= 4 is 55.3 Å².